The highest BCUT2D eigenvalue weighted by atomic mass is 19.4. The maximum Gasteiger partial charge on any atom is 0.416 e. The Kier molecular flexibility index (Phi) is 9.66. The number of pyridine rings is 1. The van der Waals surface area contributed by atoms with E-state index in [4.69, 9.17) is 16.0 Å². The van der Waals surface area contributed by atoms with Crippen LogP contribution < -0.4 is 16.2 Å². The second-order valence-corrected chi connectivity index (χ2v) is 9.69. The van der Waals surface area contributed by atoms with E-state index in [9.17, 15) is 18.0 Å². The molecular formula is C27H35F3N8O2. The normalized spacial score (nSPS) is 11.7. The first-order chi connectivity index (χ1) is 18.7. The van der Waals surface area contributed by atoms with Crippen LogP contribution in [-0.2, 0) is 24.5 Å². The third kappa shape index (κ3) is 7.23. The van der Waals surface area contributed by atoms with Gasteiger partial charge in [0.05, 0.1) is 47.6 Å². The van der Waals surface area contributed by atoms with E-state index in [-0.39, 0.29) is 35.6 Å². The third-order valence-electron chi connectivity index (χ3n) is 6.72. The van der Waals surface area contributed by atoms with Crippen LogP contribution in [0.5, 0.6) is 0 Å². The van der Waals surface area contributed by atoms with Crippen LogP contribution >= 0.6 is 0 Å². The van der Waals surface area contributed by atoms with Gasteiger partial charge in [-0.2, -0.15) is 18.3 Å². The van der Waals surface area contributed by atoms with Crippen molar-refractivity contribution in [1.29, 1.82) is 5.41 Å². The number of likely N-dealkylation sites (N-methyl/N-ethyl adjacent to an activating group) is 1. The third-order valence-corrected chi connectivity index (χ3v) is 6.72. The summed E-state index contributed by atoms with van der Waals surface area (Å²) in [6, 6.07) is 3.97. The number of benzene rings is 1. The lowest BCUT2D eigenvalue weighted by atomic mass is 10.00. The molecule has 0 fully saturated rings. The van der Waals surface area contributed by atoms with Gasteiger partial charge in [-0.05, 0) is 57.1 Å². The van der Waals surface area contributed by atoms with Crippen LogP contribution in [0.2, 0.25) is 0 Å². The van der Waals surface area contributed by atoms with Gasteiger partial charge in [0.2, 0.25) is 0 Å². The molecule has 2 aromatic heterocycles. The van der Waals surface area contributed by atoms with E-state index in [1.54, 1.807) is 45.1 Å². The monoisotopic (exact) mass is 560 g/mol. The van der Waals surface area contributed by atoms with Gasteiger partial charge in [0.25, 0.3) is 5.91 Å². The number of amides is 1. The summed E-state index contributed by atoms with van der Waals surface area (Å²) < 4.78 is 48.3. The summed E-state index contributed by atoms with van der Waals surface area (Å²) in [6.45, 7) is 6.19. The average molecular weight is 561 g/mol. The predicted octanol–water partition coefficient (Wildman–Crippen LogP) is 3.84. The Bertz CT molecular complexity index is 1390. The lowest BCUT2D eigenvalue weighted by molar-refractivity contribution is -0.138. The first-order valence-electron chi connectivity index (χ1n) is 12.5. The number of carbonyl (C=O) groups is 1. The number of hydrazine groups is 1. The fourth-order valence-electron chi connectivity index (χ4n) is 4.20. The Labute approximate surface area is 231 Å². The number of nitrogens with two attached hydrogens (primary N) is 1. The van der Waals surface area contributed by atoms with Gasteiger partial charge < -0.3 is 20.5 Å². The molecule has 0 aliphatic rings. The average Bonchev–Trinajstić information content (AvgIpc) is 3.21. The van der Waals surface area contributed by atoms with Gasteiger partial charge >= 0.3 is 6.18 Å². The number of aryl methyl sites for hydroxylation is 2. The summed E-state index contributed by atoms with van der Waals surface area (Å²) in [7, 11) is 5.11. The lowest BCUT2D eigenvalue weighted by Gasteiger charge is -2.22. The number of rotatable bonds is 11. The molecule has 0 aliphatic heterocycles. The van der Waals surface area contributed by atoms with Gasteiger partial charge in [0.15, 0.2) is 0 Å². The van der Waals surface area contributed by atoms with Crippen LogP contribution in [0.15, 0.2) is 30.6 Å². The minimum absolute atomic E-state index is 0.0126. The topological polar surface area (TPSA) is 125 Å². The first kappa shape index (κ1) is 30.7. The van der Waals surface area contributed by atoms with E-state index in [1.165, 1.54) is 24.2 Å². The Morgan fingerprint density at radius 1 is 1.20 bits per heavy atom. The molecule has 13 heteroatoms. The predicted molar refractivity (Wildman–Crippen MR) is 148 cm³/mol. The summed E-state index contributed by atoms with van der Waals surface area (Å²) in [5.74, 6) is 5.61. The molecule has 40 heavy (non-hydrogen) atoms. The van der Waals surface area contributed by atoms with Gasteiger partial charge in [-0.15, -0.1) is 0 Å². The van der Waals surface area contributed by atoms with Crippen molar-refractivity contribution in [2.75, 3.05) is 44.2 Å². The number of aromatic nitrogens is 3. The van der Waals surface area contributed by atoms with Crippen molar-refractivity contribution in [3.05, 3.63) is 69.8 Å². The number of halogens is 3. The van der Waals surface area contributed by atoms with Crippen LogP contribution in [0.4, 0.5) is 24.5 Å². The van der Waals surface area contributed by atoms with Gasteiger partial charge in [0, 0.05) is 50.4 Å². The fraction of sp³-hybridized carbons (Fsp3) is 0.407. The molecule has 10 nitrogen and oxygen atoms in total. The number of carbonyl (C=O) groups excluding carboxylic acids is 1. The summed E-state index contributed by atoms with van der Waals surface area (Å²) in [4.78, 5) is 19.2. The number of hydrogen-bond donors (Lipinski definition) is 3. The minimum Gasteiger partial charge on any atom is -0.383 e. The zero-order chi connectivity index (χ0) is 29.8. The van der Waals surface area contributed by atoms with Crippen molar-refractivity contribution < 1.29 is 22.7 Å². The molecule has 3 aromatic rings. The van der Waals surface area contributed by atoms with Crippen molar-refractivity contribution in [2.24, 2.45) is 12.9 Å². The van der Waals surface area contributed by atoms with Crippen LogP contribution in [-0.4, -0.2) is 65.1 Å². The molecule has 2 heterocycles. The minimum atomic E-state index is -4.60. The molecule has 0 radical (unpaired) electrons. The molecule has 0 bridgehead atoms. The highest BCUT2D eigenvalue weighted by molar-refractivity contribution is 6.05. The molecule has 1 amide bonds. The second-order valence-electron chi connectivity index (χ2n) is 9.69. The van der Waals surface area contributed by atoms with E-state index >= 15 is 0 Å². The highest BCUT2D eigenvalue weighted by Crippen LogP contribution is 2.36. The zero-order valence-electron chi connectivity index (χ0n) is 23.5. The Hall–Kier alpha value is -3.81. The molecule has 0 atom stereocenters. The Morgan fingerprint density at radius 3 is 2.50 bits per heavy atom. The maximum atomic E-state index is 13.9. The zero-order valence-corrected chi connectivity index (χ0v) is 23.5. The number of hydrogen-bond acceptors (Lipinski definition) is 8. The second kappa shape index (κ2) is 12.6. The van der Waals surface area contributed by atoms with E-state index in [1.807, 2.05) is 11.8 Å². The first-order valence-corrected chi connectivity index (χ1v) is 12.5. The number of ether oxygens (including phenoxy) is 1. The Morgan fingerprint density at radius 2 is 1.90 bits per heavy atom. The number of methoxy groups -OCH3 is 1. The molecule has 0 saturated carbocycles. The standard InChI is InChI=1S/C27H35F3N8O2/c1-16-20(14-36(4)7-8-40-6)9-21(11-23(16)27(28,29)30)35-26(39)19-10-25(17(2)33-12-19)38(32)15-24(31)22-13-34-37(5)18(22)3/h9-13,31H,7-8,14-15,32H2,1-6H3,(H,35,39). The van der Waals surface area contributed by atoms with Crippen molar-refractivity contribution in [3.8, 4) is 0 Å². The van der Waals surface area contributed by atoms with Crippen LogP contribution in [0.3, 0.4) is 0 Å². The fourth-order valence-corrected chi connectivity index (χ4v) is 4.20. The molecule has 0 aliphatic carbocycles. The molecule has 1 aromatic carbocycles. The largest absolute Gasteiger partial charge is 0.416 e. The van der Waals surface area contributed by atoms with Crippen LogP contribution in [0.1, 0.15) is 44.0 Å². The number of nitrogens with zero attached hydrogens (tertiary/aromatic N) is 5. The van der Waals surface area contributed by atoms with Gasteiger partial charge in [-0.25, -0.2) is 5.84 Å². The Balaban J connectivity index is 1.85. The lowest BCUT2D eigenvalue weighted by Crippen LogP contribution is -2.37. The number of nitrogens with one attached hydrogen (secondary N) is 2. The van der Waals surface area contributed by atoms with Gasteiger partial charge in [-0.3, -0.25) is 19.4 Å². The summed E-state index contributed by atoms with van der Waals surface area (Å²) in [5, 5.41) is 16.5. The molecular weight excluding hydrogens is 525 g/mol. The summed E-state index contributed by atoms with van der Waals surface area (Å²) in [5.41, 5.74) is 2.42. The van der Waals surface area contributed by atoms with Gasteiger partial charge in [-0.1, -0.05) is 0 Å². The summed E-state index contributed by atoms with van der Waals surface area (Å²) >= 11 is 0. The highest BCUT2D eigenvalue weighted by Gasteiger charge is 2.34. The quantitative estimate of drug-likeness (QED) is 0.185. The van der Waals surface area contributed by atoms with E-state index in [2.05, 4.69) is 15.4 Å². The molecule has 0 unspecified atom stereocenters. The van der Waals surface area contributed by atoms with Gasteiger partial charge in [0.1, 0.15) is 0 Å². The maximum absolute atomic E-state index is 13.9. The van der Waals surface area contributed by atoms with Crippen molar-refractivity contribution in [2.45, 2.75) is 33.5 Å². The molecule has 0 spiro atoms. The van der Waals surface area contributed by atoms with Crippen molar-refractivity contribution in [3.63, 3.8) is 0 Å². The van der Waals surface area contributed by atoms with Crippen LogP contribution in [0, 0.1) is 26.2 Å². The smallest absolute Gasteiger partial charge is 0.383 e. The molecule has 3 rings (SSSR count). The molecule has 0 saturated heterocycles. The number of alkyl halides is 3. The number of anilines is 2. The molecule has 4 N–H and O–H groups in total. The van der Waals surface area contributed by atoms with E-state index in [0.717, 1.165) is 11.8 Å². The van der Waals surface area contributed by atoms with Crippen molar-refractivity contribution >= 4 is 23.0 Å². The van der Waals surface area contributed by atoms with E-state index < -0.39 is 17.6 Å². The van der Waals surface area contributed by atoms with E-state index in [0.29, 0.717) is 35.7 Å². The van der Waals surface area contributed by atoms with Crippen molar-refractivity contribution in [1.82, 2.24) is 19.7 Å². The summed E-state index contributed by atoms with van der Waals surface area (Å²) in [6.07, 6.45) is -1.68. The molecule has 216 valence electrons. The SMILES string of the molecule is COCCN(C)Cc1cc(NC(=O)c2cnc(C)c(N(N)CC(=N)c3cnn(C)c3C)c2)cc(C(F)(F)F)c1C. The van der Waals surface area contributed by atoms with Crippen LogP contribution in [0.25, 0.3) is 0 Å².